The molecule has 1 aromatic heterocycles. The van der Waals surface area contributed by atoms with E-state index in [9.17, 15) is 18.8 Å². The molecule has 2 amide bonds. The number of amides is 2. The van der Waals surface area contributed by atoms with Crippen LogP contribution in [-0.2, 0) is 13.0 Å². The zero-order valence-corrected chi connectivity index (χ0v) is 17.5. The molecule has 164 valence electrons. The first-order chi connectivity index (χ1) is 15.5. The Morgan fingerprint density at radius 3 is 2.31 bits per heavy atom. The van der Waals surface area contributed by atoms with Gasteiger partial charge < -0.3 is 15.2 Å². The fourth-order valence-corrected chi connectivity index (χ4v) is 3.44. The van der Waals surface area contributed by atoms with Crippen molar-refractivity contribution in [2.45, 2.75) is 31.8 Å². The highest BCUT2D eigenvalue weighted by molar-refractivity contribution is 5.99. The van der Waals surface area contributed by atoms with Gasteiger partial charge in [0.1, 0.15) is 16.9 Å². The molecule has 2 aromatic carbocycles. The SMILES string of the molecule is O=C(NCCc1cccc(F)c1)c1cn(Cc2ccccc2)cc(C(=O)NC2CC2)c1=O. The van der Waals surface area contributed by atoms with Gasteiger partial charge in [-0.05, 0) is 42.5 Å². The Balaban J connectivity index is 1.55. The van der Waals surface area contributed by atoms with E-state index < -0.39 is 17.2 Å². The van der Waals surface area contributed by atoms with Crippen LogP contribution in [0.25, 0.3) is 0 Å². The number of aromatic nitrogens is 1. The summed E-state index contributed by atoms with van der Waals surface area (Å²) in [5.74, 6) is -1.37. The van der Waals surface area contributed by atoms with Gasteiger partial charge >= 0.3 is 0 Å². The van der Waals surface area contributed by atoms with Crippen LogP contribution in [0, 0.1) is 5.82 Å². The zero-order chi connectivity index (χ0) is 22.5. The third-order valence-corrected chi connectivity index (χ3v) is 5.28. The summed E-state index contributed by atoms with van der Waals surface area (Å²) >= 11 is 0. The van der Waals surface area contributed by atoms with Crippen molar-refractivity contribution in [1.29, 1.82) is 0 Å². The molecule has 6 nitrogen and oxygen atoms in total. The van der Waals surface area contributed by atoms with E-state index in [-0.39, 0.29) is 29.5 Å². The molecule has 0 unspecified atom stereocenters. The third-order valence-electron chi connectivity index (χ3n) is 5.28. The molecule has 0 aliphatic heterocycles. The Kier molecular flexibility index (Phi) is 6.44. The van der Waals surface area contributed by atoms with E-state index in [2.05, 4.69) is 10.6 Å². The van der Waals surface area contributed by atoms with Gasteiger partial charge in [-0.2, -0.15) is 0 Å². The lowest BCUT2D eigenvalue weighted by Gasteiger charge is -2.13. The molecule has 0 saturated heterocycles. The molecule has 1 aliphatic carbocycles. The second-order valence-corrected chi connectivity index (χ2v) is 7.96. The number of rotatable bonds is 8. The molecule has 0 spiro atoms. The molecule has 0 radical (unpaired) electrons. The number of halogens is 1. The molecule has 1 saturated carbocycles. The predicted molar refractivity (Wildman–Crippen MR) is 119 cm³/mol. The molecule has 0 atom stereocenters. The molecule has 32 heavy (non-hydrogen) atoms. The highest BCUT2D eigenvalue weighted by Crippen LogP contribution is 2.19. The minimum atomic E-state index is -0.601. The summed E-state index contributed by atoms with van der Waals surface area (Å²) in [7, 11) is 0. The first-order valence-electron chi connectivity index (χ1n) is 10.6. The number of hydrogen-bond acceptors (Lipinski definition) is 3. The lowest BCUT2D eigenvalue weighted by Crippen LogP contribution is -2.36. The Labute approximate surface area is 185 Å². The summed E-state index contributed by atoms with van der Waals surface area (Å²) in [6.07, 6.45) is 5.18. The average molecular weight is 433 g/mol. The van der Waals surface area contributed by atoms with Crippen molar-refractivity contribution < 1.29 is 14.0 Å². The van der Waals surface area contributed by atoms with E-state index in [0.29, 0.717) is 13.0 Å². The lowest BCUT2D eigenvalue weighted by atomic mass is 10.1. The molecule has 3 aromatic rings. The molecule has 1 aliphatic rings. The van der Waals surface area contributed by atoms with Crippen molar-refractivity contribution in [3.8, 4) is 0 Å². The maximum absolute atomic E-state index is 13.3. The molecular weight excluding hydrogens is 409 g/mol. The fraction of sp³-hybridized carbons (Fsp3) is 0.240. The quantitative estimate of drug-likeness (QED) is 0.573. The third kappa shape index (κ3) is 5.49. The number of nitrogens with one attached hydrogen (secondary N) is 2. The molecule has 7 heteroatoms. The van der Waals surface area contributed by atoms with Crippen molar-refractivity contribution in [2.24, 2.45) is 0 Å². The summed E-state index contributed by atoms with van der Waals surface area (Å²) in [6, 6.07) is 15.8. The standard InChI is InChI=1S/C25H24FN3O3/c26-19-8-4-7-17(13-19)11-12-27-24(31)21-15-29(14-18-5-2-1-3-6-18)16-22(23(21)30)25(32)28-20-9-10-20/h1-8,13,15-16,20H,9-12,14H2,(H,27,31)(H,28,32). The van der Waals surface area contributed by atoms with E-state index in [0.717, 1.165) is 24.0 Å². The Morgan fingerprint density at radius 2 is 1.62 bits per heavy atom. The Hall–Kier alpha value is -3.74. The summed E-state index contributed by atoms with van der Waals surface area (Å²) in [5.41, 5.74) is 0.969. The van der Waals surface area contributed by atoms with Crippen molar-refractivity contribution in [2.75, 3.05) is 6.54 Å². The molecule has 1 fully saturated rings. The van der Waals surface area contributed by atoms with Crippen LogP contribution in [-0.4, -0.2) is 29.0 Å². The highest BCUT2D eigenvalue weighted by Gasteiger charge is 2.26. The van der Waals surface area contributed by atoms with Crippen LogP contribution in [0.15, 0.2) is 71.8 Å². The van der Waals surface area contributed by atoms with Crippen LogP contribution in [0.2, 0.25) is 0 Å². The van der Waals surface area contributed by atoms with Gasteiger partial charge in [-0.25, -0.2) is 4.39 Å². The number of pyridine rings is 1. The van der Waals surface area contributed by atoms with Crippen LogP contribution >= 0.6 is 0 Å². The van der Waals surface area contributed by atoms with Gasteiger partial charge in [0, 0.05) is 31.5 Å². The number of benzene rings is 2. The van der Waals surface area contributed by atoms with Crippen LogP contribution in [0.5, 0.6) is 0 Å². The smallest absolute Gasteiger partial charge is 0.256 e. The maximum Gasteiger partial charge on any atom is 0.256 e. The largest absolute Gasteiger partial charge is 0.352 e. The van der Waals surface area contributed by atoms with E-state index in [1.165, 1.54) is 24.5 Å². The summed E-state index contributed by atoms with van der Waals surface area (Å²) in [5, 5.41) is 5.53. The average Bonchev–Trinajstić information content (AvgIpc) is 3.59. The summed E-state index contributed by atoms with van der Waals surface area (Å²) in [6.45, 7) is 0.646. The monoisotopic (exact) mass is 433 g/mol. The van der Waals surface area contributed by atoms with Gasteiger partial charge in [0.2, 0.25) is 5.43 Å². The second kappa shape index (κ2) is 9.60. The fourth-order valence-electron chi connectivity index (χ4n) is 3.44. The lowest BCUT2D eigenvalue weighted by molar-refractivity contribution is 0.0949. The van der Waals surface area contributed by atoms with Crippen LogP contribution in [0.1, 0.15) is 44.7 Å². The Morgan fingerprint density at radius 1 is 0.938 bits per heavy atom. The molecule has 4 rings (SSSR count). The van der Waals surface area contributed by atoms with E-state index in [1.54, 1.807) is 16.7 Å². The number of carbonyl (C=O) groups is 2. The van der Waals surface area contributed by atoms with E-state index >= 15 is 0 Å². The topological polar surface area (TPSA) is 80.2 Å². The number of hydrogen-bond donors (Lipinski definition) is 2. The zero-order valence-electron chi connectivity index (χ0n) is 17.5. The van der Waals surface area contributed by atoms with Crippen molar-refractivity contribution in [3.63, 3.8) is 0 Å². The number of nitrogens with zero attached hydrogens (tertiary/aromatic N) is 1. The predicted octanol–water partition coefficient (Wildman–Crippen LogP) is 2.90. The van der Waals surface area contributed by atoms with Crippen molar-refractivity contribution in [3.05, 3.63) is 105 Å². The molecular formula is C25H24FN3O3. The van der Waals surface area contributed by atoms with Gasteiger partial charge in [0.05, 0.1) is 0 Å². The highest BCUT2D eigenvalue weighted by atomic mass is 19.1. The minimum Gasteiger partial charge on any atom is -0.352 e. The number of carbonyl (C=O) groups excluding carboxylic acids is 2. The van der Waals surface area contributed by atoms with Gasteiger partial charge in [0.15, 0.2) is 0 Å². The molecule has 1 heterocycles. The first-order valence-corrected chi connectivity index (χ1v) is 10.6. The maximum atomic E-state index is 13.3. The van der Waals surface area contributed by atoms with Gasteiger partial charge in [0.25, 0.3) is 11.8 Å². The first kappa shape index (κ1) is 21.5. The van der Waals surface area contributed by atoms with Crippen molar-refractivity contribution in [1.82, 2.24) is 15.2 Å². The molecule has 0 bridgehead atoms. The summed E-state index contributed by atoms with van der Waals surface area (Å²) in [4.78, 5) is 38.4. The second-order valence-electron chi connectivity index (χ2n) is 7.96. The van der Waals surface area contributed by atoms with Crippen LogP contribution in [0.4, 0.5) is 4.39 Å². The minimum absolute atomic E-state index is 0.0504. The van der Waals surface area contributed by atoms with Gasteiger partial charge in [-0.15, -0.1) is 0 Å². The summed E-state index contributed by atoms with van der Waals surface area (Å²) < 4.78 is 15.0. The Bertz CT molecular complexity index is 1190. The van der Waals surface area contributed by atoms with Crippen molar-refractivity contribution >= 4 is 11.8 Å². The van der Waals surface area contributed by atoms with Gasteiger partial charge in [-0.1, -0.05) is 42.5 Å². The van der Waals surface area contributed by atoms with E-state index in [1.807, 2.05) is 30.3 Å². The van der Waals surface area contributed by atoms with Gasteiger partial charge in [-0.3, -0.25) is 14.4 Å². The molecule has 2 N–H and O–H groups in total. The normalized spacial score (nSPS) is 12.9. The van der Waals surface area contributed by atoms with Crippen LogP contribution < -0.4 is 16.1 Å². The van der Waals surface area contributed by atoms with Crippen LogP contribution in [0.3, 0.4) is 0 Å². The van der Waals surface area contributed by atoms with E-state index in [4.69, 9.17) is 0 Å².